The Hall–Kier alpha value is -3.37. The minimum atomic E-state index is -4.97. The Morgan fingerprint density at radius 1 is 1.11 bits per heavy atom. The molecule has 0 saturated carbocycles. The van der Waals surface area contributed by atoms with Crippen molar-refractivity contribution in [3.05, 3.63) is 81.1 Å². The number of carbonyl (C=O) groups excluding carboxylic acids is 2. The zero-order valence-electron chi connectivity index (χ0n) is 18.4. The van der Waals surface area contributed by atoms with Crippen molar-refractivity contribution >= 4 is 51.6 Å². The van der Waals surface area contributed by atoms with Crippen LogP contribution in [-0.4, -0.2) is 37.4 Å². The van der Waals surface area contributed by atoms with E-state index in [1.165, 1.54) is 19.2 Å². The van der Waals surface area contributed by atoms with Crippen molar-refractivity contribution in [3.63, 3.8) is 0 Å². The number of methoxy groups -OCH3 is 1. The van der Waals surface area contributed by atoms with Gasteiger partial charge in [-0.1, -0.05) is 58.7 Å². The first-order valence-electron chi connectivity index (χ1n) is 10.3. The van der Waals surface area contributed by atoms with Gasteiger partial charge in [-0.3, -0.25) is 9.59 Å². The van der Waals surface area contributed by atoms with Gasteiger partial charge >= 0.3 is 12.1 Å². The number of alkyl halides is 3. The van der Waals surface area contributed by atoms with E-state index in [2.05, 4.69) is 15.2 Å². The number of hydrogen-bond acceptors (Lipinski definition) is 5. The first-order chi connectivity index (χ1) is 17.0. The number of halogens is 6. The van der Waals surface area contributed by atoms with Crippen LogP contribution in [0.15, 0.2) is 53.7 Å². The van der Waals surface area contributed by atoms with Crippen molar-refractivity contribution in [1.82, 2.24) is 5.32 Å². The normalized spacial score (nSPS) is 17.5. The molecule has 1 amide bonds. The fraction of sp³-hybridized carbons (Fsp3) is 0.208. The number of esters is 1. The molecule has 0 spiro atoms. The minimum absolute atomic E-state index is 0.0541. The van der Waals surface area contributed by atoms with Gasteiger partial charge in [0.15, 0.2) is 5.82 Å². The molecule has 1 N–H and O–H groups in total. The monoisotopic (exact) mass is 542 g/mol. The van der Waals surface area contributed by atoms with Crippen molar-refractivity contribution in [1.29, 1.82) is 0 Å². The molecule has 0 aromatic heterocycles. The van der Waals surface area contributed by atoms with E-state index in [1.54, 1.807) is 24.3 Å². The molecule has 1 aliphatic heterocycles. The molecule has 1 unspecified atom stereocenters. The average Bonchev–Trinajstić information content (AvgIpc) is 3.31. The van der Waals surface area contributed by atoms with Crippen LogP contribution in [0.5, 0.6) is 0 Å². The molecule has 0 aliphatic carbocycles. The largest absolute Gasteiger partial charge is 0.468 e. The molecule has 4 rings (SSSR count). The van der Waals surface area contributed by atoms with Gasteiger partial charge in [-0.2, -0.15) is 13.2 Å². The van der Waals surface area contributed by atoms with Gasteiger partial charge in [0.1, 0.15) is 6.54 Å². The Morgan fingerprint density at radius 2 is 1.75 bits per heavy atom. The van der Waals surface area contributed by atoms with Gasteiger partial charge in [0.05, 0.1) is 22.9 Å². The van der Waals surface area contributed by atoms with Crippen molar-refractivity contribution in [3.8, 4) is 0 Å². The number of carbonyl (C=O) groups is 2. The van der Waals surface area contributed by atoms with Gasteiger partial charge in [0, 0.05) is 23.1 Å². The van der Waals surface area contributed by atoms with Crippen LogP contribution < -0.4 is 5.32 Å². The fourth-order valence-corrected chi connectivity index (χ4v) is 4.39. The van der Waals surface area contributed by atoms with E-state index in [0.29, 0.717) is 16.3 Å². The van der Waals surface area contributed by atoms with Crippen LogP contribution in [0.3, 0.4) is 0 Å². The Morgan fingerprint density at radius 3 is 2.36 bits per heavy atom. The molecule has 3 aromatic carbocycles. The molecule has 0 saturated heterocycles. The SMILES string of the molecule is COC(=O)CNC(=O)c1ccc(C2=NOC(c3cc(Cl)c(F)c(Cl)c3)(C(F)(F)F)C2)c2ccccc12. The summed E-state index contributed by atoms with van der Waals surface area (Å²) in [6.45, 7) is -0.358. The van der Waals surface area contributed by atoms with E-state index >= 15 is 0 Å². The van der Waals surface area contributed by atoms with Gasteiger partial charge in [0.2, 0.25) is 0 Å². The summed E-state index contributed by atoms with van der Waals surface area (Å²) in [5.74, 6) is -2.27. The summed E-state index contributed by atoms with van der Waals surface area (Å²) in [6, 6.07) is 11.0. The van der Waals surface area contributed by atoms with Crippen molar-refractivity contribution in [2.75, 3.05) is 13.7 Å². The summed E-state index contributed by atoms with van der Waals surface area (Å²) in [6.07, 6.45) is -5.72. The number of benzene rings is 3. The van der Waals surface area contributed by atoms with E-state index in [4.69, 9.17) is 28.0 Å². The van der Waals surface area contributed by atoms with E-state index < -0.39 is 51.5 Å². The van der Waals surface area contributed by atoms with Gasteiger partial charge < -0.3 is 14.9 Å². The lowest BCUT2D eigenvalue weighted by Crippen LogP contribution is -2.42. The smallest absolute Gasteiger partial charge is 0.435 e. The summed E-state index contributed by atoms with van der Waals surface area (Å²) >= 11 is 11.5. The molecule has 1 heterocycles. The Balaban J connectivity index is 1.75. The summed E-state index contributed by atoms with van der Waals surface area (Å²) in [7, 11) is 1.18. The lowest BCUT2D eigenvalue weighted by Gasteiger charge is -2.29. The van der Waals surface area contributed by atoms with Crippen LogP contribution >= 0.6 is 23.2 Å². The summed E-state index contributed by atoms with van der Waals surface area (Å²) in [5.41, 5.74) is -3.03. The lowest BCUT2D eigenvalue weighted by atomic mass is 9.85. The van der Waals surface area contributed by atoms with Crippen LogP contribution in [0, 0.1) is 5.82 Å². The predicted octanol–water partition coefficient (Wildman–Crippen LogP) is 5.77. The van der Waals surface area contributed by atoms with Gasteiger partial charge in [-0.15, -0.1) is 0 Å². The zero-order chi connectivity index (χ0) is 26.3. The van der Waals surface area contributed by atoms with Gasteiger partial charge in [-0.05, 0) is 29.0 Å². The van der Waals surface area contributed by atoms with Crippen LogP contribution in [0.4, 0.5) is 17.6 Å². The van der Waals surface area contributed by atoms with E-state index in [0.717, 1.165) is 12.1 Å². The molecule has 3 aromatic rings. The molecular weight excluding hydrogens is 527 g/mol. The molecule has 12 heteroatoms. The van der Waals surface area contributed by atoms with Crippen LogP contribution in [-0.2, 0) is 20.0 Å². The average molecular weight is 543 g/mol. The highest BCUT2D eigenvalue weighted by Gasteiger charge is 2.62. The number of amides is 1. The second kappa shape index (κ2) is 9.59. The molecular formula is C24H16Cl2F4N2O4. The third-order valence-electron chi connectivity index (χ3n) is 5.74. The fourth-order valence-electron chi connectivity index (χ4n) is 3.91. The van der Waals surface area contributed by atoms with E-state index in [1.807, 2.05) is 0 Å². The van der Waals surface area contributed by atoms with Gasteiger partial charge in [0.25, 0.3) is 11.5 Å². The topological polar surface area (TPSA) is 77.0 Å². The molecule has 36 heavy (non-hydrogen) atoms. The summed E-state index contributed by atoms with van der Waals surface area (Å²) in [5, 5.41) is 5.82. The Kier molecular flexibility index (Phi) is 6.85. The molecule has 0 bridgehead atoms. The predicted molar refractivity (Wildman–Crippen MR) is 125 cm³/mol. The summed E-state index contributed by atoms with van der Waals surface area (Å²) in [4.78, 5) is 29.0. The molecule has 1 atom stereocenters. The highest BCUT2D eigenvalue weighted by atomic mass is 35.5. The van der Waals surface area contributed by atoms with Crippen molar-refractivity contribution < 1.29 is 36.7 Å². The quantitative estimate of drug-likeness (QED) is 0.252. The van der Waals surface area contributed by atoms with Crippen LogP contribution in [0.25, 0.3) is 10.8 Å². The minimum Gasteiger partial charge on any atom is -0.468 e. The summed E-state index contributed by atoms with van der Waals surface area (Å²) < 4.78 is 61.4. The Bertz CT molecular complexity index is 1390. The second-order valence-corrected chi connectivity index (χ2v) is 8.66. The lowest BCUT2D eigenvalue weighted by molar-refractivity contribution is -0.275. The van der Waals surface area contributed by atoms with Crippen molar-refractivity contribution in [2.45, 2.75) is 18.2 Å². The third-order valence-corrected chi connectivity index (χ3v) is 6.29. The number of oxime groups is 1. The maximum atomic E-state index is 14.3. The standard InChI is InChI=1S/C24H16Cl2F4N2O4/c1-35-20(33)11-31-22(34)16-7-6-15(13-4-2-3-5-14(13)16)19-10-23(36-32-19,24(28,29)30)12-8-17(25)21(27)18(26)9-12/h2-9H,10-11H2,1H3,(H,31,34). The number of nitrogens with zero attached hydrogens (tertiary/aromatic N) is 1. The van der Waals surface area contributed by atoms with Crippen LogP contribution in [0.1, 0.15) is 27.9 Å². The molecule has 0 fully saturated rings. The number of fused-ring (bicyclic) bond motifs is 1. The number of rotatable bonds is 5. The van der Waals surface area contributed by atoms with Crippen molar-refractivity contribution in [2.24, 2.45) is 5.16 Å². The highest BCUT2D eigenvalue weighted by Crippen LogP contribution is 2.50. The number of nitrogens with one attached hydrogen (secondary N) is 1. The van der Waals surface area contributed by atoms with Gasteiger partial charge in [-0.25, -0.2) is 4.39 Å². The van der Waals surface area contributed by atoms with Crippen LogP contribution in [0.2, 0.25) is 10.0 Å². The van der Waals surface area contributed by atoms with E-state index in [-0.39, 0.29) is 17.8 Å². The third kappa shape index (κ3) is 4.46. The highest BCUT2D eigenvalue weighted by molar-refractivity contribution is 6.35. The maximum absolute atomic E-state index is 14.3. The zero-order valence-corrected chi connectivity index (χ0v) is 19.9. The number of ether oxygens (including phenoxy) is 1. The first-order valence-corrected chi connectivity index (χ1v) is 11.1. The number of hydrogen-bond donors (Lipinski definition) is 1. The van der Waals surface area contributed by atoms with E-state index in [9.17, 15) is 27.2 Å². The molecule has 1 aliphatic rings. The maximum Gasteiger partial charge on any atom is 0.435 e. The first kappa shape index (κ1) is 25.7. The molecule has 0 radical (unpaired) electrons. The second-order valence-electron chi connectivity index (χ2n) is 7.85. The molecule has 188 valence electrons. The Labute approximate surface area is 211 Å². The molecule has 6 nitrogen and oxygen atoms in total.